The second-order valence-corrected chi connectivity index (χ2v) is 8.04. The number of thiazole rings is 1. The first kappa shape index (κ1) is 19.2. The number of aromatic nitrogens is 6. The van der Waals surface area contributed by atoms with Gasteiger partial charge in [0.2, 0.25) is 0 Å². The number of nitrogen functional groups attached to an aromatic ring is 1. The summed E-state index contributed by atoms with van der Waals surface area (Å²) in [5, 5.41) is 8.44. The van der Waals surface area contributed by atoms with Crippen LogP contribution < -0.4 is 11.1 Å². The number of nitrogens with zero attached hydrogens (tertiary/aromatic N) is 7. The number of nitrogens with two attached hydrogens (primary N) is 1. The van der Waals surface area contributed by atoms with Crippen molar-refractivity contribution >= 4 is 56.1 Å². The lowest BCUT2D eigenvalue weighted by molar-refractivity contribution is 0.842. The van der Waals surface area contributed by atoms with Crippen molar-refractivity contribution in [3.8, 4) is 11.3 Å². The molecule has 1 aromatic carbocycles. The third kappa shape index (κ3) is 3.30. The summed E-state index contributed by atoms with van der Waals surface area (Å²) in [5.74, 6) is 0.486. The summed E-state index contributed by atoms with van der Waals surface area (Å²) in [6, 6.07) is 7.66. The molecule has 0 saturated carbocycles. The molecule has 11 heteroatoms. The largest absolute Gasteiger partial charge is 0.392 e. The fraction of sp³-hybridized carbons (Fsp3) is 0.100. The van der Waals surface area contributed by atoms with E-state index in [2.05, 4.69) is 30.1 Å². The van der Waals surface area contributed by atoms with Gasteiger partial charge in [0.25, 0.3) is 5.69 Å². The summed E-state index contributed by atoms with van der Waals surface area (Å²) < 4.78 is 2.68. The maximum Gasteiger partial charge on any atom is 0.268 e. The lowest BCUT2D eigenvalue weighted by Gasteiger charge is -2.19. The highest BCUT2D eigenvalue weighted by Crippen LogP contribution is 2.35. The van der Waals surface area contributed by atoms with E-state index in [4.69, 9.17) is 29.0 Å². The summed E-state index contributed by atoms with van der Waals surface area (Å²) in [4.78, 5) is 20.3. The molecule has 3 N–H and O–H groups in total. The SMILES string of the molecule is [C-]#[N+]c1c(N)ncnc1N[C@H](C)c1cc2ncc(Cl)n2nc1-c1ccc2scnc2c1. The van der Waals surface area contributed by atoms with Gasteiger partial charge in [-0.3, -0.25) is 0 Å². The van der Waals surface area contributed by atoms with Crippen molar-refractivity contribution in [2.24, 2.45) is 0 Å². The Morgan fingerprint density at radius 3 is 2.94 bits per heavy atom. The van der Waals surface area contributed by atoms with Crippen LogP contribution in [-0.2, 0) is 0 Å². The predicted octanol–water partition coefficient (Wildman–Crippen LogP) is 4.76. The third-order valence-corrected chi connectivity index (χ3v) is 5.93. The first-order chi connectivity index (χ1) is 15.0. The number of fused-ring (bicyclic) bond motifs is 2. The highest BCUT2D eigenvalue weighted by molar-refractivity contribution is 7.16. The van der Waals surface area contributed by atoms with E-state index in [-0.39, 0.29) is 17.5 Å². The number of nitrogens with one attached hydrogen (secondary N) is 1. The van der Waals surface area contributed by atoms with Gasteiger partial charge >= 0.3 is 0 Å². The van der Waals surface area contributed by atoms with E-state index in [0.717, 1.165) is 21.3 Å². The quantitative estimate of drug-likeness (QED) is 0.382. The zero-order chi connectivity index (χ0) is 21.5. The van der Waals surface area contributed by atoms with Crippen LogP contribution in [0.25, 0.3) is 32.0 Å². The fourth-order valence-electron chi connectivity index (χ4n) is 3.35. The summed E-state index contributed by atoms with van der Waals surface area (Å²) in [6.45, 7) is 9.36. The Morgan fingerprint density at radius 2 is 2.10 bits per heavy atom. The predicted molar refractivity (Wildman–Crippen MR) is 121 cm³/mol. The van der Waals surface area contributed by atoms with Crippen LogP contribution in [0.2, 0.25) is 5.15 Å². The number of halogens is 1. The standard InChI is InChI=1S/C20H14ClN9S/c1-10(28-20-18(23-2)19(22)25-8-26-20)12-6-16-24-7-15(21)30(16)29-17(12)11-3-4-14-13(5-11)27-9-31-14/h3-10H,1H3,(H3,22,25,26,28)/t10-/m1/s1. The summed E-state index contributed by atoms with van der Waals surface area (Å²) in [6.07, 6.45) is 2.88. The maximum atomic E-state index is 7.40. The van der Waals surface area contributed by atoms with Crippen LogP contribution in [-0.4, -0.2) is 29.5 Å². The van der Waals surface area contributed by atoms with Crippen LogP contribution in [0.3, 0.4) is 0 Å². The monoisotopic (exact) mass is 447 g/mol. The normalized spacial score (nSPS) is 12.2. The first-order valence-electron chi connectivity index (χ1n) is 9.17. The zero-order valence-corrected chi connectivity index (χ0v) is 17.7. The molecule has 152 valence electrons. The van der Waals surface area contributed by atoms with Crippen molar-refractivity contribution < 1.29 is 0 Å². The molecule has 4 aromatic heterocycles. The van der Waals surface area contributed by atoms with Gasteiger partial charge in [-0.15, -0.1) is 11.3 Å². The molecule has 0 amide bonds. The van der Waals surface area contributed by atoms with Gasteiger partial charge in [0.05, 0.1) is 40.2 Å². The number of benzene rings is 1. The van der Waals surface area contributed by atoms with E-state index in [0.29, 0.717) is 22.3 Å². The minimum absolute atomic E-state index is 0.127. The fourth-order valence-corrected chi connectivity index (χ4v) is 4.18. The zero-order valence-electron chi connectivity index (χ0n) is 16.1. The Labute approximate surface area is 185 Å². The van der Waals surface area contributed by atoms with Crippen LogP contribution >= 0.6 is 22.9 Å². The molecule has 0 aliphatic rings. The second-order valence-electron chi connectivity index (χ2n) is 6.77. The van der Waals surface area contributed by atoms with Crippen LogP contribution in [0.5, 0.6) is 0 Å². The molecule has 0 spiro atoms. The lowest BCUT2D eigenvalue weighted by atomic mass is 10.0. The molecule has 31 heavy (non-hydrogen) atoms. The number of rotatable bonds is 4. The molecule has 9 nitrogen and oxygen atoms in total. The van der Waals surface area contributed by atoms with Crippen LogP contribution in [0.15, 0.2) is 42.3 Å². The van der Waals surface area contributed by atoms with Crippen molar-refractivity contribution in [2.45, 2.75) is 13.0 Å². The van der Waals surface area contributed by atoms with E-state index in [9.17, 15) is 0 Å². The number of hydrogen-bond donors (Lipinski definition) is 2. The highest BCUT2D eigenvalue weighted by Gasteiger charge is 2.20. The van der Waals surface area contributed by atoms with Gasteiger partial charge in [-0.1, -0.05) is 17.7 Å². The molecule has 5 rings (SSSR count). The van der Waals surface area contributed by atoms with E-state index in [1.54, 1.807) is 22.0 Å². The Morgan fingerprint density at radius 1 is 1.23 bits per heavy atom. The minimum atomic E-state index is -0.274. The molecule has 0 bridgehead atoms. The van der Waals surface area contributed by atoms with Gasteiger partial charge < -0.3 is 11.1 Å². The van der Waals surface area contributed by atoms with Crippen molar-refractivity contribution in [3.63, 3.8) is 0 Å². The summed E-state index contributed by atoms with van der Waals surface area (Å²) in [7, 11) is 0. The van der Waals surface area contributed by atoms with Crippen LogP contribution in [0.1, 0.15) is 18.5 Å². The average Bonchev–Trinajstić information content (AvgIpc) is 3.39. The van der Waals surface area contributed by atoms with Gasteiger partial charge in [0, 0.05) is 11.1 Å². The first-order valence-corrected chi connectivity index (χ1v) is 10.4. The van der Waals surface area contributed by atoms with E-state index >= 15 is 0 Å². The van der Waals surface area contributed by atoms with Crippen LogP contribution in [0, 0.1) is 6.57 Å². The summed E-state index contributed by atoms with van der Waals surface area (Å²) in [5.41, 5.74) is 11.8. The van der Waals surface area contributed by atoms with Crippen molar-refractivity contribution in [3.05, 3.63) is 64.4 Å². The Bertz CT molecular complexity index is 1480. The molecule has 0 saturated heterocycles. The molecule has 5 aromatic rings. The summed E-state index contributed by atoms with van der Waals surface area (Å²) >= 11 is 7.86. The molecule has 0 aliphatic heterocycles. The van der Waals surface area contributed by atoms with Crippen molar-refractivity contribution in [1.29, 1.82) is 0 Å². The number of anilines is 2. The Kier molecular flexibility index (Phi) is 4.62. The smallest absolute Gasteiger partial charge is 0.268 e. The van der Waals surface area contributed by atoms with Gasteiger partial charge in [-0.05, 0) is 25.1 Å². The molecule has 0 fully saturated rings. The maximum absolute atomic E-state index is 7.40. The van der Waals surface area contributed by atoms with Gasteiger partial charge in [-0.25, -0.2) is 29.3 Å². The van der Waals surface area contributed by atoms with Gasteiger partial charge in [-0.2, -0.15) is 5.10 Å². The lowest BCUT2D eigenvalue weighted by Crippen LogP contribution is -2.12. The van der Waals surface area contributed by atoms with E-state index in [1.807, 2.05) is 36.7 Å². The Hall–Kier alpha value is -3.81. The molecule has 0 unspecified atom stereocenters. The molecular weight excluding hydrogens is 434 g/mol. The van der Waals surface area contributed by atoms with Crippen molar-refractivity contribution in [2.75, 3.05) is 11.1 Å². The van der Waals surface area contributed by atoms with Crippen LogP contribution in [0.4, 0.5) is 17.3 Å². The average molecular weight is 448 g/mol. The Balaban J connectivity index is 1.66. The number of hydrogen-bond acceptors (Lipinski definition) is 8. The molecular formula is C20H14ClN9S. The third-order valence-electron chi connectivity index (χ3n) is 4.87. The number of imidazole rings is 1. The molecule has 1 atom stereocenters. The van der Waals surface area contributed by atoms with Gasteiger partial charge in [0.15, 0.2) is 10.8 Å². The molecule has 0 aliphatic carbocycles. The highest BCUT2D eigenvalue weighted by atomic mass is 35.5. The van der Waals surface area contributed by atoms with Gasteiger partial charge in [0.1, 0.15) is 18.0 Å². The minimum Gasteiger partial charge on any atom is -0.392 e. The molecule has 0 radical (unpaired) electrons. The van der Waals surface area contributed by atoms with E-state index < -0.39 is 0 Å². The van der Waals surface area contributed by atoms with Crippen molar-refractivity contribution in [1.82, 2.24) is 29.5 Å². The second kappa shape index (κ2) is 7.46. The van der Waals surface area contributed by atoms with E-state index in [1.165, 1.54) is 6.33 Å². The topological polar surface area (TPSA) is 111 Å². The molecule has 4 heterocycles.